The van der Waals surface area contributed by atoms with Gasteiger partial charge < -0.3 is 15.1 Å². The predicted molar refractivity (Wildman–Crippen MR) is 97.0 cm³/mol. The fourth-order valence-corrected chi connectivity index (χ4v) is 5.67. The van der Waals surface area contributed by atoms with Gasteiger partial charge in [-0.25, -0.2) is 0 Å². The van der Waals surface area contributed by atoms with E-state index >= 15 is 0 Å². The van der Waals surface area contributed by atoms with E-state index in [4.69, 9.17) is 0 Å². The number of fused-ring (bicyclic) bond motifs is 1. The third-order valence-electron chi connectivity index (χ3n) is 7.27. The number of nitrogens with one attached hydrogen (secondary N) is 1. The maximum atomic E-state index is 13.3. The van der Waals surface area contributed by atoms with Crippen LogP contribution in [0.25, 0.3) is 0 Å². The molecule has 4 rings (SSSR count). The van der Waals surface area contributed by atoms with E-state index in [1.807, 2.05) is 0 Å². The van der Waals surface area contributed by atoms with E-state index < -0.39 is 0 Å². The summed E-state index contributed by atoms with van der Waals surface area (Å²) in [6.45, 7) is 5.54. The average Bonchev–Trinajstić information content (AvgIpc) is 3.09. The topological polar surface area (TPSA) is 52.7 Å². The van der Waals surface area contributed by atoms with Gasteiger partial charge in [0, 0.05) is 39.1 Å². The number of nitrogens with zero attached hydrogens (tertiary/aromatic N) is 2. The Balaban J connectivity index is 1.32. The van der Waals surface area contributed by atoms with Crippen LogP contribution < -0.4 is 5.32 Å². The van der Waals surface area contributed by atoms with Gasteiger partial charge >= 0.3 is 0 Å². The summed E-state index contributed by atoms with van der Waals surface area (Å²) in [4.78, 5) is 29.6. The molecule has 0 aromatic heterocycles. The maximum Gasteiger partial charge on any atom is 0.230 e. The molecule has 3 saturated heterocycles. The second-order valence-electron chi connectivity index (χ2n) is 8.76. The zero-order valence-corrected chi connectivity index (χ0v) is 15.5. The lowest BCUT2D eigenvalue weighted by atomic mass is 9.67. The standard InChI is InChI=1S/C20H33N3O2/c24-18-6-2-4-10-23(18)14-16-7-11-22(12-8-16)19(25)20-9-3-1-5-17(20)13-21-15-20/h16-17,21H,1-15H2/t17-,20+/m0/s1. The molecule has 140 valence electrons. The Morgan fingerprint density at radius 2 is 1.92 bits per heavy atom. The molecule has 2 amide bonds. The molecule has 0 bridgehead atoms. The first kappa shape index (κ1) is 17.3. The van der Waals surface area contributed by atoms with Gasteiger partial charge in [0.25, 0.3) is 0 Å². The number of piperidine rings is 2. The van der Waals surface area contributed by atoms with E-state index in [0.717, 1.165) is 77.8 Å². The number of likely N-dealkylation sites (tertiary alicyclic amines) is 2. The molecular formula is C20H33N3O2. The van der Waals surface area contributed by atoms with Gasteiger partial charge in [0.1, 0.15) is 0 Å². The third-order valence-corrected chi connectivity index (χ3v) is 7.27. The molecule has 25 heavy (non-hydrogen) atoms. The van der Waals surface area contributed by atoms with Gasteiger partial charge in [0.05, 0.1) is 5.41 Å². The Morgan fingerprint density at radius 1 is 1.08 bits per heavy atom. The highest BCUT2D eigenvalue weighted by molar-refractivity contribution is 5.84. The van der Waals surface area contributed by atoms with Crippen molar-refractivity contribution in [2.45, 2.75) is 57.8 Å². The Morgan fingerprint density at radius 3 is 2.72 bits per heavy atom. The Bertz CT molecular complexity index is 515. The summed E-state index contributed by atoms with van der Waals surface area (Å²) in [7, 11) is 0. The van der Waals surface area contributed by atoms with Gasteiger partial charge in [-0.2, -0.15) is 0 Å². The van der Waals surface area contributed by atoms with Gasteiger partial charge in [0.2, 0.25) is 11.8 Å². The van der Waals surface area contributed by atoms with E-state index in [2.05, 4.69) is 15.1 Å². The van der Waals surface area contributed by atoms with Gasteiger partial charge in [-0.15, -0.1) is 0 Å². The van der Waals surface area contributed by atoms with E-state index in [9.17, 15) is 9.59 Å². The molecule has 3 heterocycles. The molecule has 1 N–H and O–H groups in total. The molecule has 4 aliphatic rings. The van der Waals surface area contributed by atoms with E-state index in [-0.39, 0.29) is 5.41 Å². The number of carbonyl (C=O) groups excluding carboxylic acids is 2. The highest BCUT2D eigenvalue weighted by Gasteiger charge is 2.51. The number of amides is 2. The molecule has 4 fully saturated rings. The molecule has 5 heteroatoms. The van der Waals surface area contributed by atoms with Crippen LogP contribution in [-0.2, 0) is 9.59 Å². The molecular weight excluding hydrogens is 314 g/mol. The summed E-state index contributed by atoms with van der Waals surface area (Å²) >= 11 is 0. The Hall–Kier alpha value is -1.10. The second kappa shape index (κ2) is 7.26. The number of hydrogen-bond donors (Lipinski definition) is 1. The summed E-state index contributed by atoms with van der Waals surface area (Å²) in [5, 5.41) is 3.50. The zero-order valence-electron chi connectivity index (χ0n) is 15.5. The van der Waals surface area contributed by atoms with E-state index in [0.29, 0.717) is 23.7 Å². The van der Waals surface area contributed by atoms with Crippen LogP contribution in [0.1, 0.15) is 57.8 Å². The molecule has 0 aromatic carbocycles. The van der Waals surface area contributed by atoms with E-state index in [1.54, 1.807) is 0 Å². The molecule has 5 nitrogen and oxygen atoms in total. The summed E-state index contributed by atoms with van der Waals surface area (Å²) in [6.07, 6.45) is 9.84. The van der Waals surface area contributed by atoms with Crippen molar-refractivity contribution in [2.75, 3.05) is 39.3 Å². The maximum absolute atomic E-state index is 13.3. The van der Waals surface area contributed by atoms with Crippen molar-refractivity contribution < 1.29 is 9.59 Å². The molecule has 3 aliphatic heterocycles. The van der Waals surface area contributed by atoms with Crippen LogP contribution in [0.3, 0.4) is 0 Å². The van der Waals surface area contributed by atoms with Crippen LogP contribution in [0.4, 0.5) is 0 Å². The lowest BCUT2D eigenvalue weighted by Crippen LogP contribution is -2.52. The van der Waals surface area contributed by atoms with Crippen molar-refractivity contribution in [3.63, 3.8) is 0 Å². The minimum Gasteiger partial charge on any atom is -0.342 e. The van der Waals surface area contributed by atoms with Gasteiger partial charge in [-0.3, -0.25) is 9.59 Å². The minimum absolute atomic E-state index is 0.103. The molecule has 1 aliphatic carbocycles. The monoisotopic (exact) mass is 347 g/mol. The molecule has 2 atom stereocenters. The predicted octanol–water partition coefficient (Wildman–Crippen LogP) is 2.02. The van der Waals surface area contributed by atoms with Crippen LogP contribution in [0.5, 0.6) is 0 Å². The highest BCUT2D eigenvalue weighted by atomic mass is 16.2. The first-order valence-electron chi connectivity index (χ1n) is 10.5. The van der Waals surface area contributed by atoms with Crippen LogP contribution >= 0.6 is 0 Å². The minimum atomic E-state index is -0.103. The highest BCUT2D eigenvalue weighted by Crippen LogP contribution is 2.45. The SMILES string of the molecule is O=C1CCCCN1CC1CCN(C(=O)[C@@]23CCCC[C@H]2CNC3)CC1. The number of hydrogen-bond acceptors (Lipinski definition) is 3. The van der Waals surface area contributed by atoms with Crippen molar-refractivity contribution in [1.82, 2.24) is 15.1 Å². The third kappa shape index (κ3) is 3.32. The van der Waals surface area contributed by atoms with Crippen molar-refractivity contribution in [1.29, 1.82) is 0 Å². The smallest absolute Gasteiger partial charge is 0.230 e. The lowest BCUT2D eigenvalue weighted by molar-refractivity contribution is -0.147. The first-order valence-corrected chi connectivity index (χ1v) is 10.5. The van der Waals surface area contributed by atoms with Gasteiger partial charge in [-0.1, -0.05) is 12.8 Å². The molecule has 0 spiro atoms. The van der Waals surface area contributed by atoms with Crippen molar-refractivity contribution >= 4 is 11.8 Å². The van der Waals surface area contributed by atoms with Crippen molar-refractivity contribution in [2.24, 2.45) is 17.3 Å². The van der Waals surface area contributed by atoms with Gasteiger partial charge in [0.15, 0.2) is 0 Å². The first-order chi connectivity index (χ1) is 12.2. The quantitative estimate of drug-likeness (QED) is 0.850. The number of rotatable bonds is 3. The van der Waals surface area contributed by atoms with Crippen molar-refractivity contribution in [3.8, 4) is 0 Å². The van der Waals surface area contributed by atoms with Crippen LogP contribution in [-0.4, -0.2) is 60.9 Å². The largest absolute Gasteiger partial charge is 0.342 e. The van der Waals surface area contributed by atoms with Crippen LogP contribution in [0.15, 0.2) is 0 Å². The average molecular weight is 348 g/mol. The zero-order chi connectivity index (χ0) is 17.3. The molecule has 0 aromatic rings. The molecule has 0 unspecified atom stereocenters. The fourth-order valence-electron chi connectivity index (χ4n) is 5.67. The Labute approximate surface area is 151 Å². The summed E-state index contributed by atoms with van der Waals surface area (Å²) in [6, 6.07) is 0. The van der Waals surface area contributed by atoms with Crippen LogP contribution in [0, 0.1) is 17.3 Å². The molecule has 0 radical (unpaired) electrons. The fraction of sp³-hybridized carbons (Fsp3) is 0.900. The second-order valence-corrected chi connectivity index (χ2v) is 8.76. The summed E-state index contributed by atoms with van der Waals surface area (Å²) < 4.78 is 0. The van der Waals surface area contributed by atoms with Crippen molar-refractivity contribution in [3.05, 3.63) is 0 Å². The Kier molecular flexibility index (Phi) is 5.03. The van der Waals surface area contributed by atoms with E-state index in [1.165, 1.54) is 19.3 Å². The summed E-state index contributed by atoms with van der Waals surface area (Å²) in [5.41, 5.74) is -0.103. The molecule has 1 saturated carbocycles. The summed E-state index contributed by atoms with van der Waals surface area (Å²) in [5.74, 6) is 1.89. The van der Waals surface area contributed by atoms with Gasteiger partial charge in [-0.05, 0) is 56.9 Å². The number of carbonyl (C=O) groups is 2. The van der Waals surface area contributed by atoms with Crippen LogP contribution in [0.2, 0.25) is 0 Å². The lowest BCUT2D eigenvalue weighted by Gasteiger charge is -2.43. The normalized spacial score (nSPS) is 34.2.